The van der Waals surface area contributed by atoms with Gasteiger partial charge in [-0.3, -0.25) is 4.79 Å². The average Bonchev–Trinajstić information content (AvgIpc) is 2.94. The third-order valence-electron chi connectivity index (χ3n) is 3.92. The molecule has 2 aliphatic rings. The molecule has 2 fully saturated rings. The molecule has 0 heterocycles. The van der Waals surface area contributed by atoms with Gasteiger partial charge >= 0.3 is 0 Å². The molecule has 3 heteroatoms. The Morgan fingerprint density at radius 2 is 1.93 bits per heavy atom. The molecule has 0 radical (unpaired) electrons. The second kappa shape index (κ2) is 4.44. The highest BCUT2D eigenvalue weighted by molar-refractivity contribution is 9.09. The molecule has 0 spiro atoms. The van der Waals surface area contributed by atoms with Crippen molar-refractivity contribution in [1.82, 2.24) is 4.90 Å². The zero-order chi connectivity index (χ0) is 11.0. The highest BCUT2D eigenvalue weighted by atomic mass is 79.9. The zero-order valence-corrected chi connectivity index (χ0v) is 11.2. The Morgan fingerprint density at radius 1 is 1.33 bits per heavy atom. The van der Waals surface area contributed by atoms with Gasteiger partial charge in [-0.15, -0.1) is 0 Å². The Morgan fingerprint density at radius 3 is 2.47 bits per heavy atom. The molecule has 0 aromatic heterocycles. The van der Waals surface area contributed by atoms with Crippen LogP contribution < -0.4 is 0 Å². The van der Waals surface area contributed by atoms with Crippen LogP contribution in [0.25, 0.3) is 0 Å². The molecule has 86 valence electrons. The Labute approximate surface area is 101 Å². The van der Waals surface area contributed by atoms with Crippen LogP contribution in [0.15, 0.2) is 0 Å². The van der Waals surface area contributed by atoms with Gasteiger partial charge in [-0.2, -0.15) is 0 Å². The molecule has 4 atom stereocenters. The van der Waals surface area contributed by atoms with Gasteiger partial charge in [-0.1, -0.05) is 35.7 Å². The largest absolute Gasteiger partial charge is 0.341 e. The molecule has 2 nitrogen and oxygen atoms in total. The number of carbonyl (C=O) groups is 1. The van der Waals surface area contributed by atoms with E-state index in [1.807, 2.05) is 11.9 Å². The van der Waals surface area contributed by atoms with Gasteiger partial charge in [0.25, 0.3) is 0 Å². The summed E-state index contributed by atoms with van der Waals surface area (Å²) >= 11 is 3.71. The van der Waals surface area contributed by atoms with E-state index in [1.165, 1.54) is 25.7 Å². The first-order valence-electron chi connectivity index (χ1n) is 6.02. The molecular formula is C12H20BrNO. The van der Waals surface area contributed by atoms with E-state index in [9.17, 15) is 4.79 Å². The van der Waals surface area contributed by atoms with Crippen molar-refractivity contribution in [3.63, 3.8) is 0 Å². The van der Waals surface area contributed by atoms with Gasteiger partial charge < -0.3 is 4.90 Å². The monoisotopic (exact) mass is 273 g/mol. The van der Waals surface area contributed by atoms with E-state index in [0.29, 0.717) is 28.6 Å². The Kier molecular flexibility index (Phi) is 3.39. The minimum atomic E-state index is 0.330. The summed E-state index contributed by atoms with van der Waals surface area (Å²) in [4.78, 5) is 14.6. The number of hydrogen-bond acceptors (Lipinski definition) is 1. The number of amides is 1. The highest BCUT2D eigenvalue weighted by Crippen LogP contribution is 2.40. The zero-order valence-electron chi connectivity index (χ0n) is 9.58. The predicted octanol–water partition coefficient (Wildman–Crippen LogP) is 2.81. The molecule has 0 aromatic carbocycles. The molecule has 2 rings (SSSR count). The van der Waals surface area contributed by atoms with Crippen LogP contribution in [0.5, 0.6) is 0 Å². The Bertz CT molecular complexity index is 256. The van der Waals surface area contributed by atoms with Crippen molar-refractivity contribution in [3.05, 3.63) is 0 Å². The Hall–Kier alpha value is -0.0500. The van der Waals surface area contributed by atoms with Crippen molar-refractivity contribution in [3.8, 4) is 0 Å². The number of carbonyl (C=O) groups excluding carboxylic acids is 1. The normalized spacial score (nSPS) is 39.9. The van der Waals surface area contributed by atoms with Crippen LogP contribution in [0.2, 0.25) is 0 Å². The molecule has 2 aliphatic carbocycles. The van der Waals surface area contributed by atoms with Crippen molar-refractivity contribution >= 4 is 21.8 Å². The molecule has 0 saturated heterocycles. The highest BCUT2D eigenvalue weighted by Gasteiger charge is 2.42. The molecule has 1 amide bonds. The fourth-order valence-electron chi connectivity index (χ4n) is 2.59. The van der Waals surface area contributed by atoms with Crippen LogP contribution >= 0.6 is 15.9 Å². The van der Waals surface area contributed by atoms with Gasteiger partial charge in [0.1, 0.15) is 0 Å². The minimum Gasteiger partial charge on any atom is -0.341 e. The maximum absolute atomic E-state index is 12.1. The van der Waals surface area contributed by atoms with Gasteiger partial charge in [-0.05, 0) is 25.2 Å². The topological polar surface area (TPSA) is 20.3 Å². The smallest absolute Gasteiger partial charge is 0.225 e. The van der Waals surface area contributed by atoms with Crippen LogP contribution in [0.3, 0.4) is 0 Å². The summed E-state index contributed by atoms with van der Waals surface area (Å²) in [5.74, 6) is 1.33. The van der Waals surface area contributed by atoms with Crippen LogP contribution in [0.4, 0.5) is 0 Å². The van der Waals surface area contributed by atoms with Gasteiger partial charge in [0.2, 0.25) is 5.91 Å². The molecule has 4 unspecified atom stereocenters. The lowest BCUT2D eigenvalue weighted by Crippen LogP contribution is -2.44. The first-order chi connectivity index (χ1) is 7.11. The number of hydrogen-bond donors (Lipinski definition) is 0. The molecule has 0 aromatic rings. The van der Waals surface area contributed by atoms with Crippen molar-refractivity contribution in [2.45, 2.75) is 49.9 Å². The summed E-state index contributed by atoms with van der Waals surface area (Å²) in [5, 5.41) is 0. The molecule has 2 saturated carbocycles. The lowest BCUT2D eigenvalue weighted by Gasteiger charge is -2.35. The van der Waals surface area contributed by atoms with Gasteiger partial charge in [0, 0.05) is 23.8 Å². The number of rotatable bonds is 2. The van der Waals surface area contributed by atoms with E-state index in [2.05, 4.69) is 22.9 Å². The quantitative estimate of drug-likeness (QED) is 0.709. The first kappa shape index (κ1) is 11.4. The predicted molar refractivity (Wildman–Crippen MR) is 65.0 cm³/mol. The SMILES string of the molecule is CC1CC1C(=O)N(C)C1CCCCC1Br. The van der Waals surface area contributed by atoms with Gasteiger partial charge in [0.15, 0.2) is 0 Å². The summed E-state index contributed by atoms with van der Waals surface area (Å²) in [6, 6.07) is 0.430. The maximum atomic E-state index is 12.1. The van der Waals surface area contributed by atoms with E-state index in [0.717, 1.165) is 6.42 Å². The standard InChI is InChI=1S/C12H20BrNO/c1-8-7-9(8)12(15)14(2)11-6-4-3-5-10(11)13/h8-11H,3-7H2,1-2H3. The Balaban J connectivity index is 1.93. The van der Waals surface area contributed by atoms with Crippen molar-refractivity contribution in [2.24, 2.45) is 11.8 Å². The third-order valence-corrected chi connectivity index (χ3v) is 4.99. The van der Waals surface area contributed by atoms with Crippen LogP contribution in [0.1, 0.15) is 39.0 Å². The second-order valence-electron chi connectivity index (χ2n) is 5.14. The van der Waals surface area contributed by atoms with E-state index >= 15 is 0 Å². The van der Waals surface area contributed by atoms with Crippen LogP contribution in [0, 0.1) is 11.8 Å². The third kappa shape index (κ3) is 2.38. The molecule has 0 aliphatic heterocycles. The van der Waals surface area contributed by atoms with Crippen LogP contribution in [-0.4, -0.2) is 28.7 Å². The number of alkyl halides is 1. The maximum Gasteiger partial charge on any atom is 0.225 e. The minimum absolute atomic E-state index is 0.330. The summed E-state index contributed by atoms with van der Waals surface area (Å²) in [7, 11) is 1.98. The van der Waals surface area contributed by atoms with Crippen molar-refractivity contribution in [2.75, 3.05) is 7.05 Å². The molecule has 15 heavy (non-hydrogen) atoms. The van der Waals surface area contributed by atoms with Crippen LogP contribution in [-0.2, 0) is 4.79 Å². The first-order valence-corrected chi connectivity index (χ1v) is 6.93. The molecule has 0 bridgehead atoms. The van der Waals surface area contributed by atoms with Gasteiger partial charge in [0.05, 0.1) is 0 Å². The van der Waals surface area contributed by atoms with E-state index in [1.54, 1.807) is 0 Å². The van der Waals surface area contributed by atoms with Crippen molar-refractivity contribution < 1.29 is 4.79 Å². The van der Waals surface area contributed by atoms with Crippen molar-refractivity contribution in [1.29, 1.82) is 0 Å². The average molecular weight is 274 g/mol. The summed E-state index contributed by atoms with van der Waals surface area (Å²) in [6.45, 7) is 2.17. The van der Waals surface area contributed by atoms with Gasteiger partial charge in [-0.25, -0.2) is 0 Å². The fraction of sp³-hybridized carbons (Fsp3) is 0.917. The molecule has 0 N–H and O–H groups in total. The van der Waals surface area contributed by atoms with E-state index in [-0.39, 0.29) is 0 Å². The number of halogens is 1. The number of nitrogens with zero attached hydrogens (tertiary/aromatic N) is 1. The van der Waals surface area contributed by atoms with E-state index < -0.39 is 0 Å². The lowest BCUT2D eigenvalue weighted by molar-refractivity contribution is -0.134. The summed E-state index contributed by atoms with van der Waals surface area (Å²) in [6.07, 6.45) is 6.05. The fourth-order valence-corrected chi connectivity index (χ4v) is 3.54. The second-order valence-corrected chi connectivity index (χ2v) is 6.31. The molecular weight excluding hydrogens is 254 g/mol. The summed E-state index contributed by atoms with van der Waals surface area (Å²) < 4.78 is 0. The summed E-state index contributed by atoms with van der Waals surface area (Å²) in [5.41, 5.74) is 0. The lowest BCUT2D eigenvalue weighted by atomic mass is 9.94. The van der Waals surface area contributed by atoms with E-state index in [4.69, 9.17) is 0 Å².